The fourth-order valence-electron chi connectivity index (χ4n) is 3.21. The Kier molecular flexibility index (Phi) is 3.84. The molecule has 0 bridgehead atoms. The van der Waals surface area contributed by atoms with Gasteiger partial charge >= 0.3 is 0 Å². The minimum absolute atomic E-state index is 0.0819. The van der Waals surface area contributed by atoms with Crippen LogP contribution in [0.5, 0.6) is 0 Å². The van der Waals surface area contributed by atoms with E-state index in [2.05, 4.69) is 11.2 Å². The summed E-state index contributed by atoms with van der Waals surface area (Å²) in [6, 6.07) is 7.00. The van der Waals surface area contributed by atoms with Crippen LogP contribution in [0, 0.1) is 19.1 Å². The molecule has 0 aliphatic heterocycles. The highest BCUT2D eigenvalue weighted by Crippen LogP contribution is 2.33. The molecule has 6 nitrogen and oxygen atoms in total. The van der Waals surface area contributed by atoms with Gasteiger partial charge in [0.25, 0.3) is 0 Å². The third kappa shape index (κ3) is 2.46. The van der Waals surface area contributed by atoms with Gasteiger partial charge in [-0.3, -0.25) is 0 Å². The molecule has 0 radical (unpaired) electrons. The summed E-state index contributed by atoms with van der Waals surface area (Å²) in [5, 5.41) is 24.4. The number of para-hydroxylation sites is 2. The number of nitrogens with zero attached hydrogens (tertiary/aromatic N) is 2. The van der Waals surface area contributed by atoms with Gasteiger partial charge in [-0.15, -0.1) is 0 Å². The van der Waals surface area contributed by atoms with Crippen LogP contribution in [0.25, 0.3) is 5.69 Å². The third-order valence-electron chi connectivity index (χ3n) is 4.20. The van der Waals surface area contributed by atoms with Gasteiger partial charge in [0.15, 0.2) is 5.69 Å². The lowest BCUT2D eigenvalue weighted by Crippen LogP contribution is -2.99. The second-order valence-electron chi connectivity index (χ2n) is 5.71. The minimum Gasteiger partial charge on any atom is -0.595 e. The normalized spacial score (nSPS) is 22.2. The number of benzene rings is 1. The molecule has 116 valence electrons. The molecule has 0 amide bonds. The smallest absolute Gasteiger partial charge is 0.189 e. The van der Waals surface area contributed by atoms with E-state index < -0.39 is 5.23 Å². The Balaban J connectivity index is 2.09. The average Bonchev–Trinajstić information content (AvgIpc) is 3.02. The monoisotopic (exact) mass is 300 g/mol. The SMILES string of the molecule is Cc1nn(-c2ccccc2[NH+]([O-])O)c(C)c1C1C=CC(N)C1. The first-order chi connectivity index (χ1) is 10.5. The molecule has 22 heavy (non-hydrogen) atoms. The lowest BCUT2D eigenvalue weighted by molar-refractivity contribution is -0.991. The Morgan fingerprint density at radius 2 is 2.05 bits per heavy atom. The highest BCUT2D eigenvalue weighted by atomic mass is 16.8. The summed E-state index contributed by atoms with van der Waals surface area (Å²) in [5.41, 5.74) is 9.82. The molecule has 2 aromatic rings. The molecule has 1 aliphatic carbocycles. The van der Waals surface area contributed by atoms with Gasteiger partial charge in [-0.05, 0) is 26.3 Å². The van der Waals surface area contributed by atoms with Crippen molar-refractivity contribution in [3.05, 3.63) is 58.6 Å². The summed E-state index contributed by atoms with van der Waals surface area (Å²) >= 11 is 0. The standard InChI is InChI=1S/C16H20N4O2/c1-10-16(12-7-8-13(17)9-12)11(2)19(18-10)14-5-3-4-6-15(14)20(21)22/h3-8,12-13,20-21H,9,17H2,1-2H3. The highest BCUT2D eigenvalue weighted by molar-refractivity contribution is 5.53. The predicted octanol–water partition coefficient (Wildman–Crippen LogP) is 1.26. The van der Waals surface area contributed by atoms with Crippen LogP contribution in [0.3, 0.4) is 0 Å². The topological polar surface area (TPSA) is 91.6 Å². The van der Waals surface area contributed by atoms with Crippen molar-refractivity contribution in [3.63, 3.8) is 0 Å². The zero-order valence-electron chi connectivity index (χ0n) is 12.7. The van der Waals surface area contributed by atoms with Gasteiger partial charge in [0.05, 0.1) is 5.69 Å². The van der Waals surface area contributed by atoms with Crippen LogP contribution in [0.15, 0.2) is 36.4 Å². The molecule has 1 aromatic carbocycles. The number of hydrogen-bond donors (Lipinski definition) is 3. The largest absolute Gasteiger partial charge is 0.595 e. The van der Waals surface area contributed by atoms with Crippen LogP contribution in [-0.4, -0.2) is 21.0 Å². The van der Waals surface area contributed by atoms with Crippen molar-refractivity contribution >= 4 is 5.69 Å². The highest BCUT2D eigenvalue weighted by Gasteiger charge is 2.25. The van der Waals surface area contributed by atoms with E-state index in [1.165, 1.54) is 0 Å². The molecule has 1 heterocycles. The number of aryl methyl sites for hydroxylation is 1. The quantitative estimate of drug-likeness (QED) is 0.588. The van der Waals surface area contributed by atoms with Crippen molar-refractivity contribution in [2.45, 2.75) is 32.2 Å². The first-order valence-electron chi connectivity index (χ1n) is 7.31. The number of allylic oxidation sites excluding steroid dienone is 1. The summed E-state index contributed by atoms with van der Waals surface area (Å²) in [6.45, 7) is 3.94. The van der Waals surface area contributed by atoms with E-state index in [0.717, 1.165) is 23.4 Å². The maximum absolute atomic E-state index is 11.4. The molecule has 1 aromatic heterocycles. The molecule has 0 saturated heterocycles. The molecule has 6 heteroatoms. The van der Waals surface area contributed by atoms with E-state index >= 15 is 0 Å². The van der Waals surface area contributed by atoms with Gasteiger partial charge < -0.3 is 10.9 Å². The Hall–Kier alpha value is -1.99. The van der Waals surface area contributed by atoms with Crippen molar-refractivity contribution in [3.8, 4) is 5.69 Å². The van der Waals surface area contributed by atoms with E-state index in [9.17, 15) is 10.4 Å². The number of rotatable bonds is 3. The fraction of sp³-hybridized carbons (Fsp3) is 0.312. The van der Waals surface area contributed by atoms with Crippen molar-refractivity contribution in [2.24, 2.45) is 5.73 Å². The summed E-state index contributed by atoms with van der Waals surface area (Å²) in [7, 11) is 0. The molecular weight excluding hydrogens is 280 g/mol. The Morgan fingerprint density at radius 3 is 2.68 bits per heavy atom. The van der Waals surface area contributed by atoms with Crippen molar-refractivity contribution in [2.75, 3.05) is 0 Å². The van der Waals surface area contributed by atoms with Gasteiger partial charge in [0.2, 0.25) is 0 Å². The Bertz CT molecular complexity index is 721. The van der Waals surface area contributed by atoms with Crippen LogP contribution >= 0.6 is 0 Å². The van der Waals surface area contributed by atoms with E-state index in [-0.39, 0.29) is 17.6 Å². The number of hydrogen-bond acceptors (Lipinski definition) is 4. The molecule has 0 spiro atoms. The molecule has 1 aliphatic rings. The molecule has 3 rings (SSSR count). The summed E-state index contributed by atoms with van der Waals surface area (Å²) in [5.74, 6) is 0.251. The first kappa shape index (κ1) is 14.9. The molecular formula is C16H20N4O2. The van der Waals surface area contributed by atoms with Crippen molar-refractivity contribution < 1.29 is 10.4 Å². The van der Waals surface area contributed by atoms with E-state index in [1.807, 2.05) is 26.0 Å². The molecule has 3 atom stereocenters. The molecule has 0 saturated carbocycles. The van der Waals surface area contributed by atoms with Gasteiger partial charge in [0, 0.05) is 29.3 Å². The van der Waals surface area contributed by atoms with Crippen LogP contribution in [0.4, 0.5) is 5.69 Å². The van der Waals surface area contributed by atoms with Crippen molar-refractivity contribution in [1.82, 2.24) is 9.78 Å². The maximum atomic E-state index is 11.4. The van der Waals surface area contributed by atoms with Gasteiger partial charge in [-0.1, -0.05) is 24.3 Å². The average molecular weight is 300 g/mol. The molecule has 3 unspecified atom stereocenters. The second kappa shape index (κ2) is 5.66. The second-order valence-corrected chi connectivity index (χ2v) is 5.71. The maximum Gasteiger partial charge on any atom is 0.189 e. The zero-order chi connectivity index (χ0) is 15.9. The summed E-state index contributed by atoms with van der Waals surface area (Å²) < 4.78 is 1.73. The van der Waals surface area contributed by atoms with Crippen LogP contribution in [0.2, 0.25) is 0 Å². The Morgan fingerprint density at radius 1 is 1.32 bits per heavy atom. The fourth-order valence-corrected chi connectivity index (χ4v) is 3.21. The zero-order valence-corrected chi connectivity index (χ0v) is 12.7. The van der Waals surface area contributed by atoms with E-state index in [4.69, 9.17) is 5.73 Å². The summed E-state index contributed by atoms with van der Waals surface area (Å²) in [6.07, 6.45) is 5.01. The molecule has 0 fully saturated rings. The van der Waals surface area contributed by atoms with E-state index in [1.54, 1.807) is 22.9 Å². The van der Waals surface area contributed by atoms with Gasteiger partial charge in [-0.2, -0.15) is 10.3 Å². The Labute approximate surface area is 129 Å². The summed E-state index contributed by atoms with van der Waals surface area (Å²) in [4.78, 5) is 0. The van der Waals surface area contributed by atoms with E-state index in [0.29, 0.717) is 5.69 Å². The number of nitrogens with two attached hydrogens (primary N) is 1. The van der Waals surface area contributed by atoms with Gasteiger partial charge in [0.1, 0.15) is 5.69 Å². The van der Waals surface area contributed by atoms with Crippen LogP contribution < -0.4 is 11.0 Å². The number of nitrogens with one attached hydrogen (secondary N) is 1. The lowest BCUT2D eigenvalue weighted by Gasteiger charge is -2.16. The third-order valence-corrected chi connectivity index (χ3v) is 4.20. The molecule has 4 N–H and O–H groups in total. The minimum atomic E-state index is -0.951. The number of aromatic nitrogens is 2. The number of quaternary nitrogens is 1. The van der Waals surface area contributed by atoms with Crippen molar-refractivity contribution in [1.29, 1.82) is 0 Å². The van der Waals surface area contributed by atoms with Crippen LogP contribution in [0.1, 0.15) is 29.3 Å². The lowest BCUT2D eigenvalue weighted by atomic mass is 9.96. The van der Waals surface area contributed by atoms with Gasteiger partial charge in [-0.25, -0.2) is 9.89 Å². The predicted molar refractivity (Wildman–Crippen MR) is 83.3 cm³/mol. The first-order valence-corrected chi connectivity index (χ1v) is 7.31. The van der Waals surface area contributed by atoms with Crippen LogP contribution in [-0.2, 0) is 0 Å².